The largest absolute Gasteiger partial charge is 0.119 e. The minimum Gasteiger partial charge on any atom is -0.119 e. The Balaban J connectivity index is 1.56. The lowest BCUT2D eigenvalue weighted by atomic mass is 9.72. The molecule has 142 valence electrons. The zero-order valence-corrected chi connectivity index (χ0v) is 17.1. The Morgan fingerprint density at radius 1 is 0.600 bits per heavy atom. The zero-order chi connectivity index (χ0) is 20.3. The van der Waals surface area contributed by atoms with Crippen molar-refractivity contribution in [1.29, 1.82) is 0 Å². The van der Waals surface area contributed by atoms with Gasteiger partial charge in [-0.25, -0.2) is 0 Å². The van der Waals surface area contributed by atoms with Crippen LogP contribution in [0.1, 0.15) is 40.3 Å². The highest BCUT2D eigenvalue weighted by Crippen LogP contribution is 2.47. The number of benzene rings is 4. The fourth-order valence-electron chi connectivity index (χ4n) is 5.55. The second kappa shape index (κ2) is 6.22. The van der Waals surface area contributed by atoms with E-state index in [9.17, 15) is 0 Å². The van der Waals surface area contributed by atoms with Crippen LogP contribution in [-0.4, -0.2) is 0 Å². The summed E-state index contributed by atoms with van der Waals surface area (Å²) in [5.74, 6) is 3.22. The van der Waals surface area contributed by atoms with Gasteiger partial charge in [-0.15, -0.1) is 6.42 Å². The molecule has 30 heavy (non-hydrogen) atoms. The summed E-state index contributed by atoms with van der Waals surface area (Å²) in [7, 11) is 0. The molecule has 0 saturated heterocycles. The van der Waals surface area contributed by atoms with Crippen molar-refractivity contribution < 1.29 is 0 Å². The predicted octanol–water partition coefficient (Wildman–Crippen LogP) is 6.77. The minimum atomic E-state index is -0.471. The predicted molar refractivity (Wildman–Crippen MR) is 125 cm³/mol. The number of hydrogen-bond acceptors (Lipinski definition) is 0. The number of hydrogen-bond donors (Lipinski definition) is 0. The van der Waals surface area contributed by atoms with Crippen LogP contribution in [0.4, 0.5) is 0 Å². The smallest absolute Gasteiger partial charge is 0.0787 e. The van der Waals surface area contributed by atoms with Gasteiger partial charge in [-0.2, -0.15) is 0 Å². The van der Waals surface area contributed by atoms with Gasteiger partial charge >= 0.3 is 0 Å². The summed E-state index contributed by atoms with van der Waals surface area (Å²) >= 11 is 0. The van der Waals surface area contributed by atoms with Crippen molar-refractivity contribution in [2.75, 3.05) is 0 Å². The first-order chi connectivity index (χ1) is 14.7. The average molecular weight is 383 g/mol. The highest BCUT2D eigenvalue weighted by molar-refractivity contribution is 5.81. The molecule has 0 aliphatic heterocycles. The standard InChI is InChI=1S/C30H22/c1-3-30(2,28-16-8-14-24-22-12-6-4-10-20(22)18-26(24)28)29-17-9-15-25-23-13-7-5-11-21(23)19-27(25)29/h1,4-17H,18-19H2,2H3. The summed E-state index contributed by atoms with van der Waals surface area (Å²) in [6, 6.07) is 30.8. The maximum atomic E-state index is 6.32. The molecule has 0 N–H and O–H groups in total. The van der Waals surface area contributed by atoms with E-state index in [1.165, 1.54) is 55.6 Å². The van der Waals surface area contributed by atoms with Crippen molar-refractivity contribution in [2.24, 2.45) is 0 Å². The highest BCUT2D eigenvalue weighted by atomic mass is 14.4. The van der Waals surface area contributed by atoms with Crippen LogP contribution in [0.2, 0.25) is 0 Å². The van der Waals surface area contributed by atoms with Crippen LogP contribution in [0.25, 0.3) is 22.3 Å². The molecule has 0 saturated carbocycles. The van der Waals surface area contributed by atoms with Gasteiger partial charge in [0.2, 0.25) is 0 Å². The lowest BCUT2D eigenvalue weighted by Crippen LogP contribution is -2.25. The molecule has 4 aromatic carbocycles. The Morgan fingerprint density at radius 2 is 1.03 bits per heavy atom. The summed E-state index contributed by atoms with van der Waals surface area (Å²) in [6.07, 6.45) is 8.22. The Bertz CT molecular complexity index is 1270. The molecule has 0 heteroatoms. The topological polar surface area (TPSA) is 0 Å². The summed E-state index contributed by atoms with van der Waals surface area (Å²) in [4.78, 5) is 0. The maximum Gasteiger partial charge on any atom is 0.0787 e. The number of fused-ring (bicyclic) bond motifs is 6. The second-order valence-electron chi connectivity index (χ2n) is 8.60. The quantitative estimate of drug-likeness (QED) is 0.290. The Morgan fingerprint density at radius 3 is 1.50 bits per heavy atom. The van der Waals surface area contributed by atoms with Crippen LogP contribution in [0.5, 0.6) is 0 Å². The van der Waals surface area contributed by atoms with Gasteiger partial charge in [0.25, 0.3) is 0 Å². The molecule has 6 rings (SSSR count). The molecule has 0 atom stereocenters. The van der Waals surface area contributed by atoms with Gasteiger partial charge in [0.1, 0.15) is 0 Å². The Kier molecular flexibility index (Phi) is 3.59. The van der Waals surface area contributed by atoms with Gasteiger partial charge in [-0.1, -0.05) is 90.8 Å². The fourth-order valence-corrected chi connectivity index (χ4v) is 5.55. The Labute approximate surface area is 178 Å². The molecule has 0 unspecified atom stereocenters. The molecule has 0 fully saturated rings. The van der Waals surface area contributed by atoms with Gasteiger partial charge < -0.3 is 0 Å². The number of terminal acetylenes is 1. The third-order valence-electron chi connectivity index (χ3n) is 7.07. The molecule has 0 aromatic heterocycles. The fraction of sp³-hybridized carbons (Fsp3) is 0.133. The molecule has 0 spiro atoms. The van der Waals surface area contributed by atoms with Crippen molar-refractivity contribution in [3.05, 3.63) is 118 Å². The molecule has 0 amide bonds. The van der Waals surface area contributed by atoms with Crippen LogP contribution in [0.15, 0.2) is 84.9 Å². The molecule has 4 aromatic rings. The summed E-state index contributed by atoms with van der Waals surface area (Å²) < 4.78 is 0. The van der Waals surface area contributed by atoms with Crippen molar-refractivity contribution in [2.45, 2.75) is 25.2 Å². The molecular formula is C30H22. The molecule has 2 aliphatic carbocycles. The normalized spacial score (nSPS) is 13.2. The monoisotopic (exact) mass is 382 g/mol. The van der Waals surface area contributed by atoms with Crippen molar-refractivity contribution >= 4 is 0 Å². The highest BCUT2D eigenvalue weighted by Gasteiger charge is 2.36. The molecule has 0 radical (unpaired) electrons. The molecule has 2 aliphatic rings. The summed E-state index contributed by atoms with van der Waals surface area (Å²) in [5.41, 5.74) is 13.0. The first kappa shape index (κ1) is 17.3. The van der Waals surface area contributed by atoms with Gasteiger partial charge in [0.05, 0.1) is 5.41 Å². The minimum absolute atomic E-state index is 0.471. The first-order valence-corrected chi connectivity index (χ1v) is 10.6. The third-order valence-corrected chi connectivity index (χ3v) is 7.07. The van der Waals surface area contributed by atoms with Crippen molar-refractivity contribution in [3.8, 4) is 34.6 Å². The van der Waals surface area contributed by atoms with Gasteiger partial charge in [0.15, 0.2) is 0 Å². The molecule has 0 bridgehead atoms. The first-order valence-electron chi connectivity index (χ1n) is 10.6. The van der Waals surface area contributed by atoms with E-state index >= 15 is 0 Å². The average Bonchev–Trinajstić information content (AvgIpc) is 3.36. The SMILES string of the molecule is C#CC(C)(c1cccc2c1Cc1ccccc1-2)c1cccc2c1Cc1ccccc1-2. The van der Waals surface area contributed by atoms with Crippen molar-refractivity contribution in [3.63, 3.8) is 0 Å². The zero-order valence-electron chi connectivity index (χ0n) is 17.1. The lowest BCUT2D eigenvalue weighted by Gasteiger charge is -2.30. The van der Waals surface area contributed by atoms with Crippen LogP contribution in [0, 0.1) is 12.3 Å². The van der Waals surface area contributed by atoms with Gasteiger partial charge in [0, 0.05) is 0 Å². The van der Waals surface area contributed by atoms with E-state index in [4.69, 9.17) is 6.42 Å². The molecule has 0 nitrogen and oxygen atoms in total. The lowest BCUT2D eigenvalue weighted by molar-refractivity contribution is 0.736. The maximum absolute atomic E-state index is 6.32. The van der Waals surface area contributed by atoms with Crippen LogP contribution < -0.4 is 0 Å². The summed E-state index contributed by atoms with van der Waals surface area (Å²) in [6.45, 7) is 2.23. The Hall–Kier alpha value is -3.56. The van der Waals surface area contributed by atoms with E-state index in [2.05, 4.69) is 97.8 Å². The van der Waals surface area contributed by atoms with Crippen LogP contribution in [-0.2, 0) is 18.3 Å². The second-order valence-corrected chi connectivity index (χ2v) is 8.60. The van der Waals surface area contributed by atoms with E-state index < -0.39 is 5.41 Å². The van der Waals surface area contributed by atoms with E-state index in [0.717, 1.165) is 12.8 Å². The van der Waals surface area contributed by atoms with Crippen LogP contribution in [0.3, 0.4) is 0 Å². The van der Waals surface area contributed by atoms with E-state index in [-0.39, 0.29) is 0 Å². The van der Waals surface area contributed by atoms with E-state index in [0.29, 0.717) is 0 Å². The third kappa shape index (κ3) is 2.24. The van der Waals surface area contributed by atoms with E-state index in [1.807, 2.05) is 0 Å². The van der Waals surface area contributed by atoms with Gasteiger partial charge in [-0.3, -0.25) is 0 Å². The van der Waals surface area contributed by atoms with Gasteiger partial charge in [-0.05, 0) is 75.4 Å². The molecule has 0 heterocycles. The van der Waals surface area contributed by atoms with Crippen LogP contribution >= 0.6 is 0 Å². The van der Waals surface area contributed by atoms with Crippen molar-refractivity contribution in [1.82, 2.24) is 0 Å². The van der Waals surface area contributed by atoms with E-state index in [1.54, 1.807) is 0 Å². The summed E-state index contributed by atoms with van der Waals surface area (Å²) in [5, 5.41) is 0. The number of rotatable bonds is 2. The molecular weight excluding hydrogens is 360 g/mol.